The summed E-state index contributed by atoms with van der Waals surface area (Å²) < 4.78 is 5.22. The Morgan fingerprint density at radius 2 is 1.92 bits per heavy atom. The monoisotopic (exact) mass is 351 g/mol. The highest BCUT2D eigenvalue weighted by molar-refractivity contribution is 8.00. The zero-order chi connectivity index (χ0) is 17.5. The van der Waals surface area contributed by atoms with Gasteiger partial charge in [0.1, 0.15) is 5.75 Å². The number of nitrogens with one attached hydrogen (secondary N) is 1. The number of amides is 1. The Balaban J connectivity index is 2.17. The van der Waals surface area contributed by atoms with E-state index in [4.69, 9.17) is 4.74 Å². The molecule has 1 aromatic rings. The first-order valence-corrected chi connectivity index (χ1v) is 9.67. The van der Waals surface area contributed by atoms with Gasteiger partial charge in [0, 0.05) is 10.1 Å². The molecule has 0 saturated heterocycles. The smallest absolute Gasteiger partial charge is 0.247 e. The quantitative estimate of drug-likeness (QED) is 0.411. The maximum Gasteiger partial charge on any atom is 0.247 e. The Morgan fingerprint density at radius 3 is 2.42 bits per heavy atom. The predicted octanol–water partition coefficient (Wildman–Crippen LogP) is 4.51. The van der Waals surface area contributed by atoms with Crippen LogP contribution in [0, 0.1) is 17.8 Å². The van der Waals surface area contributed by atoms with Crippen molar-refractivity contribution in [1.82, 2.24) is 5.48 Å². The molecule has 4 nitrogen and oxygen atoms in total. The first-order valence-electron chi connectivity index (χ1n) is 8.79. The van der Waals surface area contributed by atoms with Crippen molar-refractivity contribution in [2.45, 2.75) is 56.1 Å². The van der Waals surface area contributed by atoms with Crippen molar-refractivity contribution in [2.24, 2.45) is 17.8 Å². The van der Waals surface area contributed by atoms with E-state index < -0.39 is 0 Å². The second-order valence-corrected chi connectivity index (χ2v) is 8.28. The van der Waals surface area contributed by atoms with E-state index in [0.717, 1.165) is 17.1 Å². The summed E-state index contributed by atoms with van der Waals surface area (Å²) in [5, 5.41) is 9.33. The standard InChI is InChI=1S/C19H29NO3S/c1-13(2)18(19(21)20-22)17(12-14-6-4-5-7-14)24-16-10-8-15(23-3)9-11-16/h8-11,13-14,17-18,22H,4-7,12H2,1-3H3,(H,20,21). The van der Waals surface area contributed by atoms with Gasteiger partial charge in [-0.1, -0.05) is 39.5 Å². The van der Waals surface area contributed by atoms with Crippen molar-refractivity contribution in [1.29, 1.82) is 0 Å². The summed E-state index contributed by atoms with van der Waals surface area (Å²) in [4.78, 5) is 13.4. The van der Waals surface area contributed by atoms with Gasteiger partial charge in [-0.3, -0.25) is 10.0 Å². The fraction of sp³-hybridized carbons (Fsp3) is 0.632. The van der Waals surface area contributed by atoms with Crippen LogP contribution in [0.1, 0.15) is 46.0 Å². The SMILES string of the molecule is COc1ccc(SC(CC2CCCC2)C(C(=O)NO)C(C)C)cc1. The topological polar surface area (TPSA) is 58.6 Å². The number of ether oxygens (including phenoxy) is 1. The van der Waals surface area contributed by atoms with E-state index in [-0.39, 0.29) is 23.0 Å². The van der Waals surface area contributed by atoms with Crippen LogP contribution >= 0.6 is 11.8 Å². The lowest BCUT2D eigenvalue weighted by atomic mass is 9.86. The molecule has 134 valence electrons. The minimum absolute atomic E-state index is 0.161. The number of benzene rings is 1. The van der Waals surface area contributed by atoms with Crippen LogP contribution in [0.3, 0.4) is 0 Å². The molecule has 1 saturated carbocycles. The van der Waals surface area contributed by atoms with Crippen molar-refractivity contribution in [3.8, 4) is 5.75 Å². The Hall–Kier alpha value is -1.20. The van der Waals surface area contributed by atoms with E-state index >= 15 is 0 Å². The number of hydroxylamine groups is 1. The summed E-state index contributed by atoms with van der Waals surface area (Å²) in [5.74, 6) is 1.22. The van der Waals surface area contributed by atoms with Gasteiger partial charge < -0.3 is 4.74 Å². The molecule has 2 atom stereocenters. The molecule has 1 aliphatic rings. The van der Waals surface area contributed by atoms with Gasteiger partial charge in [-0.05, 0) is 42.5 Å². The lowest BCUT2D eigenvalue weighted by Crippen LogP contribution is -2.38. The summed E-state index contributed by atoms with van der Waals surface area (Å²) in [5.41, 5.74) is 1.88. The average molecular weight is 352 g/mol. The number of carbonyl (C=O) groups excluding carboxylic acids is 1. The summed E-state index contributed by atoms with van der Waals surface area (Å²) >= 11 is 1.75. The molecule has 1 aliphatic carbocycles. The van der Waals surface area contributed by atoms with Crippen molar-refractivity contribution in [3.05, 3.63) is 24.3 Å². The van der Waals surface area contributed by atoms with Crippen molar-refractivity contribution in [2.75, 3.05) is 7.11 Å². The molecule has 1 aromatic carbocycles. The van der Waals surface area contributed by atoms with Crippen LogP contribution in [0.5, 0.6) is 5.75 Å². The van der Waals surface area contributed by atoms with Crippen molar-refractivity contribution in [3.63, 3.8) is 0 Å². The average Bonchev–Trinajstić information content (AvgIpc) is 3.08. The second-order valence-electron chi connectivity index (χ2n) is 6.96. The number of carbonyl (C=O) groups is 1. The van der Waals surface area contributed by atoms with Gasteiger partial charge in [-0.2, -0.15) is 0 Å². The van der Waals surface area contributed by atoms with Crippen LogP contribution in [-0.2, 0) is 4.79 Å². The maximum absolute atomic E-state index is 12.3. The molecule has 0 aromatic heterocycles. The van der Waals surface area contributed by atoms with E-state index in [0.29, 0.717) is 5.92 Å². The molecular formula is C19H29NO3S. The molecular weight excluding hydrogens is 322 g/mol. The molecule has 2 rings (SSSR count). The number of hydrogen-bond donors (Lipinski definition) is 2. The van der Waals surface area contributed by atoms with Gasteiger partial charge in [-0.15, -0.1) is 11.8 Å². The minimum atomic E-state index is -0.269. The summed E-state index contributed by atoms with van der Waals surface area (Å²) in [7, 11) is 1.66. The zero-order valence-corrected chi connectivity index (χ0v) is 15.6. The lowest BCUT2D eigenvalue weighted by Gasteiger charge is -2.30. The second kappa shape index (κ2) is 9.33. The molecule has 0 aliphatic heterocycles. The number of thioether (sulfide) groups is 1. The van der Waals surface area contributed by atoms with Gasteiger partial charge in [-0.25, -0.2) is 5.48 Å². The highest BCUT2D eigenvalue weighted by atomic mass is 32.2. The molecule has 1 amide bonds. The largest absolute Gasteiger partial charge is 0.497 e. The molecule has 2 N–H and O–H groups in total. The number of hydrogen-bond acceptors (Lipinski definition) is 4. The van der Waals surface area contributed by atoms with E-state index in [9.17, 15) is 10.0 Å². The van der Waals surface area contributed by atoms with Crippen molar-refractivity contribution >= 4 is 17.7 Å². The van der Waals surface area contributed by atoms with E-state index in [1.165, 1.54) is 25.7 Å². The van der Waals surface area contributed by atoms with Crippen LogP contribution in [0.4, 0.5) is 0 Å². The molecule has 5 heteroatoms. The Kier molecular flexibility index (Phi) is 7.43. The van der Waals surface area contributed by atoms with Crippen LogP contribution in [0.2, 0.25) is 0 Å². The van der Waals surface area contributed by atoms with Crippen LogP contribution in [0.25, 0.3) is 0 Å². The highest BCUT2D eigenvalue weighted by Gasteiger charge is 2.34. The fourth-order valence-corrected chi connectivity index (χ4v) is 5.24. The number of rotatable bonds is 8. The fourth-order valence-electron chi connectivity index (χ4n) is 3.65. The Bertz CT molecular complexity index is 512. The molecule has 2 unspecified atom stereocenters. The van der Waals surface area contributed by atoms with Gasteiger partial charge in [0.2, 0.25) is 5.91 Å². The van der Waals surface area contributed by atoms with E-state index in [1.54, 1.807) is 18.9 Å². The first kappa shape index (κ1) is 19.1. The molecule has 0 bridgehead atoms. The third-order valence-electron chi connectivity index (χ3n) is 4.92. The highest BCUT2D eigenvalue weighted by Crippen LogP contribution is 2.40. The Labute approximate surface area is 149 Å². The molecule has 0 radical (unpaired) electrons. The van der Waals surface area contributed by atoms with E-state index in [2.05, 4.69) is 13.8 Å². The van der Waals surface area contributed by atoms with Gasteiger partial charge in [0.25, 0.3) is 0 Å². The lowest BCUT2D eigenvalue weighted by molar-refractivity contribution is -0.134. The van der Waals surface area contributed by atoms with Crippen molar-refractivity contribution < 1.29 is 14.7 Å². The first-order chi connectivity index (χ1) is 11.5. The Morgan fingerprint density at radius 1 is 1.29 bits per heavy atom. The summed E-state index contributed by atoms with van der Waals surface area (Å²) in [6.07, 6.45) is 6.12. The molecule has 24 heavy (non-hydrogen) atoms. The van der Waals surface area contributed by atoms with E-state index in [1.807, 2.05) is 29.7 Å². The predicted molar refractivity (Wildman–Crippen MR) is 97.5 cm³/mol. The maximum atomic E-state index is 12.3. The molecule has 0 spiro atoms. The van der Waals surface area contributed by atoms with Gasteiger partial charge >= 0.3 is 0 Å². The molecule has 0 heterocycles. The third kappa shape index (κ3) is 5.15. The van der Waals surface area contributed by atoms with Crippen LogP contribution in [-0.4, -0.2) is 23.5 Å². The van der Waals surface area contributed by atoms with Gasteiger partial charge in [0.15, 0.2) is 0 Å². The summed E-state index contributed by atoms with van der Waals surface area (Å²) in [6.45, 7) is 4.10. The number of methoxy groups -OCH3 is 1. The van der Waals surface area contributed by atoms with Crippen LogP contribution in [0.15, 0.2) is 29.2 Å². The normalized spacial score (nSPS) is 17.7. The third-order valence-corrected chi connectivity index (χ3v) is 6.25. The summed E-state index contributed by atoms with van der Waals surface area (Å²) in [6, 6.07) is 7.98. The van der Waals surface area contributed by atoms with Gasteiger partial charge in [0.05, 0.1) is 13.0 Å². The van der Waals surface area contributed by atoms with Crippen LogP contribution < -0.4 is 10.2 Å². The zero-order valence-electron chi connectivity index (χ0n) is 14.8. The minimum Gasteiger partial charge on any atom is -0.497 e. The molecule has 1 fully saturated rings.